The van der Waals surface area contributed by atoms with Crippen LogP contribution in [0.15, 0.2) is 33.7 Å². The Balaban J connectivity index is 1.87. The van der Waals surface area contributed by atoms with Gasteiger partial charge in [-0.25, -0.2) is 18.4 Å². The number of esters is 1. The number of ether oxygens (including phenoxy) is 2. The molecule has 0 unspecified atom stereocenters. The van der Waals surface area contributed by atoms with Crippen LogP contribution in [0.4, 0.5) is 0 Å². The molecule has 25 heavy (non-hydrogen) atoms. The zero-order valence-electron chi connectivity index (χ0n) is 14.2. The van der Waals surface area contributed by atoms with Gasteiger partial charge in [-0.3, -0.25) is 0 Å². The van der Waals surface area contributed by atoms with Gasteiger partial charge in [0.05, 0.1) is 10.6 Å². The van der Waals surface area contributed by atoms with Crippen molar-refractivity contribution in [1.82, 2.24) is 5.16 Å². The predicted molar refractivity (Wildman–Crippen MR) is 88.9 cm³/mol. The van der Waals surface area contributed by atoms with E-state index in [1.807, 2.05) is 13.8 Å². The lowest BCUT2D eigenvalue weighted by molar-refractivity contribution is 0.0446. The first-order chi connectivity index (χ1) is 11.7. The van der Waals surface area contributed by atoms with Crippen molar-refractivity contribution in [2.24, 2.45) is 5.14 Å². The smallest absolute Gasteiger partial charge is 0.343 e. The molecule has 8 nitrogen and oxygen atoms in total. The lowest BCUT2D eigenvalue weighted by atomic mass is 10.1. The maximum atomic E-state index is 12.2. The van der Waals surface area contributed by atoms with Gasteiger partial charge in [-0.2, -0.15) is 0 Å². The summed E-state index contributed by atoms with van der Waals surface area (Å²) < 4.78 is 38.0. The van der Waals surface area contributed by atoms with Gasteiger partial charge in [0.2, 0.25) is 10.0 Å². The summed E-state index contributed by atoms with van der Waals surface area (Å²) in [7, 11) is -3.74. The largest absolute Gasteiger partial charge is 0.490 e. The number of carbonyl (C=O) groups excluding carboxylic acids is 1. The lowest BCUT2D eigenvalue weighted by Gasteiger charge is -2.08. The molecule has 2 rings (SSSR count). The number of benzene rings is 1. The van der Waals surface area contributed by atoms with Gasteiger partial charge in [0.15, 0.2) is 5.76 Å². The number of hydrogen-bond acceptors (Lipinski definition) is 7. The molecule has 0 spiro atoms. The second-order valence-corrected chi connectivity index (χ2v) is 7.22. The minimum Gasteiger partial charge on any atom is -0.490 e. The third-order valence-corrected chi connectivity index (χ3v) is 4.28. The van der Waals surface area contributed by atoms with E-state index in [0.29, 0.717) is 22.8 Å². The van der Waals surface area contributed by atoms with Crippen LogP contribution in [0.3, 0.4) is 0 Å². The Morgan fingerprint density at radius 1 is 1.24 bits per heavy atom. The minimum absolute atomic E-state index is 0.00424. The van der Waals surface area contributed by atoms with Crippen molar-refractivity contribution in [2.75, 3.05) is 13.2 Å². The van der Waals surface area contributed by atoms with E-state index in [9.17, 15) is 13.2 Å². The maximum absolute atomic E-state index is 12.2. The van der Waals surface area contributed by atoms with Crippen LogP contribution in [0.5, 0.6) is 5.75 Å². The molecular weight excluding hydrogens is 348 g/mol. The second kappa shape index (κ2) is 7.66. The summed E-state index contributed by atoms with van der Waals surface area (Å²) in [6.07, 6.45) is 0. The summed E-state index contributed by atoms with van der Waals surface area (Å²) in [5, 5.41) is 8.81. The number of nitrogens with zero attached hydrogens (tertiary/aromatic N) is 1. The standard InChI is InChI=1S/C16H20N2O6S/c1-10(2)15-14(11(3)18-24-15)16(19)23-9-8-22-12-4-6-13(7-5-12)25(17,20)21/h4-7,10H,8-9H2,1-3H3,(H2,17,20,21). The Hall–Kier alpha value is -2.39. The molecule has 2 aromatic rings. The highest BCUT2D eigenvalue weighted by molar-refractivity contribution is 7.89. The molecule has 1 aromatic carbocycles. The normalized spacial score (nSPS) is 11.6. The number of nitrogens with two attached hydrogens (primary N) is 1. The minimum atomic E-state index is -3.74. The Morgan fingerprint density at radius 3 is 2.44 bits per heavy atom. The van der Waals surface area contributed by atoms with E-state index in [1.54, 1.807) is 6.92 Å². The van der Waals surface area contributed by atoms with E-state index in [2.05, 4.69) is 5.16 Å². The third-order valence-electron chi connectivity index (χ3n) is 3.36. The van der Waals surface area contributed by atoms with Gasteiger partial charge in [-0.15, -0.1) is 0 Å². The van der Waals surface area contributed by atoms with Crippen LogP contribution < -0.4 is 9.88 Å². The number of hydrogen-bond donors (Lipinski definition) is 1. The molecule has 1 heterocycles. The van der Waals surface area contributed by atoms with Gasteiger partial charge in [0.25, 0.3) is 0 Å². The van der Waals surface area contributed by atoms with Crippen molar-refractivity contribution in [3.63, 3.8) is 0 Å². The van der Waals surface area contributed by atoms with Crippen LogP contribution in [0.2, 0.25) is 0 Å². The number of rotatable bonds is 7. The molecule has 0 saturated heterocycles. The van der Waals surface area contributed by atoms with E-state index >= 15 is 0 Å². The number of carbonyl (C=O) groups is 1. The zero-order chi connectivity index (χ0) is 18.6. The summed E-state index contributed by atoms with van der Waals surface area (Å²) in [4.78, 5) is 12.2. The lowest BCUT2D eigenvalue weighted by Crippen LogP contribution is -2.14. The molecule has 9 heteroatoms. The molecule has 0 fully saturated rings. The maximum Gasteiger partial charge on any atom is 0.343 e. The molecule has 1 aromatic heterocycles. The number of primary sulfonamides is 1. The first-order valence-electron chi connectivity index (χ1n) is 7.59. The highest BCUT2D eigenvalue weighted by atomic mass is 32.2. The van der Waals surface area contributed by atoms with Crippen molar-refractivity contribution in [2.45, 2.75) is 31.6 Å². The van der Waals surface area contributed by atoms with Crippen LogP contribution in [-0.4, -0.2) is 32.8 Å². The first-order valence-corrected chi connectivity index (χ1v) is 9.13. The van der Waals surface area contributed by atoms with E-state index in [4.69, 9.17) is 19.1 Å². The Bertz CT molecular complexity index is 840. The molecular formula is C16H20N2O6S. The van der Waals surface area contributed by atoms with Gasteiger partial charge in [-0.05, 0) is 31.2 Å². The Kier molecular flexibility index (Phi) is 5.81. The van der Waals surface area contributed by atoms with Gasteiger partial charge in [0, 0.05) is 5.92 Å². The summed E-state index contributed by atoms with van der Waals surface area (Å²) in [5.41, 5.74) is 0.820. The second-order valence-electron chi connectivity index (χ2n) is 5.66. The highest BCUT2D eigenvalue weighted by Crippen LogP contribution is 2.23. The fourth-order valence-electron chi connectivity index (χ4n) is 2.12. The van der Waals surface area contributed by atoms with Gasteiger partial charge in [0.1, 0.15) is 24.5 Å². The van der Waals surface area contributed by atoms with Gasteiger partial charge in [-0.1, -0.05) is 19.0 Å². The van der Waals surface area contributed by atoms with Crippen LogP contribution in [-0.2, 0) is 14.8 Å². The quantitative estimate of drug-likeness (QED) is 0.586. The summed E-state index contributed by atoms with van der Waals surface area (Å²) in [6, 6.07) is 5.63. The monoisotopic (exact) mass is 368 g/mol. The van der Waals surface area contributed by atoms with Crippen molar-refractivity contribution >= 4 is 16.0 Å². The fraction of sp³-hybridized carbons (Fsp3) is 0.375. The van der Waals surface area contributed by atoms with Crippen LogP contribution in [0, 0.1) is 6.92 Å². The molecule has 0 aliphatic heterocycles. The molecule has 0 amide bonds. The molecule has 0 aliphatic rings. The molecule has 0 saturated carbocycles. The highest BCUT2D eigenvalue weighted by Gasteiger charge is 2.23. The van der Waals surface area contributed by atoms with Crippen molar-refractivity contribution in [3.8, 4) is 5.75 Å². The fourth-order valence-corrected chi connectivity index (χ4v) is 2.64. The topological polar surface area (TPSA) is 122 Å². The molecule has 2 N–H and O–H groups in total. The third kappa shape index (κ3) is 4.80. The van der Waals surface area contributed by atoms with E-state index in [1.165, 1.54) is 24.3 Å². The van der Waals surface area contributed by atoms with Crippen LogP contribution >= 0.6 is 0 Å². The van der Waals surface area contributed by atoms with Gasteiger partial charge >= 0.3 is 5.97 Å². The van der Waals surface area contributed by atoms with E-state index in [0.717, 1.165) is 0 Å². The molecule has 136 valence electrons. The van der Waals surface area contributed by atoms with Crippen molar-refractivity contribution in [1.29, 1.82) is 0 Å². The van der Waals surface area contributed by atoms with Crippen LogP contribution in [0.25, 0.3) is 0 Å². The summed E-state index contributed by atoms with van der Waals surface area (Å²) in [6.45, 7) is 5.60. The average Bonchev–Trinajstić information content (AvgIpc) is 2.93. The Labute approximate surface area is 145 Å². The van der Waals surface area contributed by atoms with Crippen molar-refractivity contribution in [3.05, 3.63) is 41.3 Å². The van der Waals surface area contributed by atoms with Gasteiger partial charge < -0.3 is 14.0 Å². The molecule has 0 radical (unpaired) electrons. The summed E-state index contributed by atoms with van der Waals surface area (Å²) in [5.74, 6) is 0.419. The molecule has 0 bridgehead atoms. The van der Waals surface area contributed by atoms with E-state index in [-0.39, 0.29) is 24.0 Å². The SMILES string of the molecule is Cc1noc(C(C)C)c1C(=O)OCCOc1ccc(S(N)(=O)=O)cc1. The number of aryl methyl sites for hydroxylation is 1. The zero-order valence-corrected chi connectivity index (χ0v) is 15.0. The Morgan fingerprint density at radius 2 is 1.88 bits per heavy atom. The predicted octanol–water partition coefficient (Wildman–Crippen LogP) is 1.99. The van der Waals surface area contributed by atoms with Crippen LogP contribution in [0.1, 0.15) is 41.6 Å². The molecule has 0 atom stereocenters. The van der Waals surface area contributed by atoms with E-state index < -0.39 is 16.0 Å². The average molecular weight is 368 g/mol. The van der Waals surface area contributed by atoms with Crippen molar-refractivity contribution < 1.29 is 27.2 Å². The first kappa shape index (κ1) is 18.9. The molecule has 0 aliphatic carbocycles. The summed E-state index contributed by atoms with van der Waals surface area (Å²) >= 11 is 0. The number of aromatic nitrogens is 1. The number of sulfonamides is 1.